The van der Waals surface area contributed by atoms with Gasteiger partial charge in [-0.25, -0.2) is 8.42 Å². The molecule has 2 heterocycles. The smallest absolute Gasteiger partial charge is 0.263 e. The molecule has 1 unspecified atom stereocenters. The number of anilines is 1. The molecular formula is C21H21N3O5S. The summed E-state index contributed by atoms with van der Waals surface area (Å²) in [5, 5.41) is 2.81. The van der Waals surface area contributed by atoms with Crippen molar-refractivity contribution >= 4 is 27.5 Å². The lowest BCUT2D eigenvalue weighted by molar-refractivity contribution is -0.117. The van der Waals surface area contributed by atoms with Crippen molar-refractivity contribution in [2.75, 3.05) is 5.32 Å². The Morgan fingerprint density at radius 1 is 1.13 bits per heavy atom. The predicted molar refractivity (Wildman–Crippen MR) is 110 cm³/mol. The Balaban J connectivity index is 1.32. The van der Waals surface area contributed by atoms with Gasteiger partial charge in [0.2, 0.25) is 5.91 Å². The van der Waals surface area contributed by atoms with Gasteiger partial charge < -0.3 is 14.8 Å². The van der Waals surface area contributed by atoms with Crippen LogP contribution in [0.3, 0.4) is 0 Å². The van der Waals surface area contributed by atoms with Crippen LogP contribution in [0.5, 0.6) is 11.5 Å². The average Bonchev–Trinajstić information content (AvgIpc) is 3.38. The molecule has 2 aliphatic heterocycles. The molecule has 1 spiro atoms. The second kappa shape index (κ2) is 6.73. The molecule has 156 valence electrons. The molecule has 1 atom stereocenters. The molecule has 8 nitrogen and oxygen atoms in total. The van der Waals surface area contributed by atoms with E-state index in [1.165, 1.54) is 6.07 Å². The van der Waals surface area contributed by atoms with Crippen molar-refractivity contribution in [3.8, 4) is 11.5 Å². The Morgan fingerprint density at radius 2 is 1.87 bits per heavy atom. The first kappa shape index (κ1) is 18.9. The van der Waals surface area contributed by atoms with Crippen molar-refractivity contribution in [1.29, 1.82) is 0 Å². The van der Waals surface area contributed by atoms with Gasteiger partial charge in [-0.05, 0) is 44.0 Å². The van der Waals surface area contributed by atoms with E-state index in [4.69, 9.17) is 9.47 Å². The van der Waals surface area contributed by atoms with Crippen LogP contribution in [0.1, 0.15) is 38.2 Å². The number of carbonyl (C=O) groups is 1. The number of nitrogens with one attached hydrogen (secondary N) is 2. The molecule has 0 saturated heterocycles. The van der Waals surface area contributed by atoms with Gasteiger partial charge in [0.1, 0.15) is 11.9 Å². The first-order valence-electron chi connectivity index (χ1n) is 9.88. The normalized spacial score (nSPS) is 22.0. The van der Waals surface area contributed by atoms with Crippen LogP contribution < -0.4 is 19.5 Å². The standard InChI is InChI=1S/C21H21N3O5S/c1-13(22-19-15-6-2-3-7-18(15)30(26,27)24-19)20(25)23-14-8-9-16-17(12-14)29-21(28-16)10-4-5-11-21/h2-3,6-9,12-13H,4-5,10-11H2,1H3,(H,22,24)(H,23,25). The van der Waals surface area contributed by atoms with Gasteiger partial charge in [-0.3, -0.25) is 14.5 Å². The quantitative estimate of drug-likeness (QED) is 0.784. The van der Waals surface area contributed by atoms with Crippen LogP contribution in [0.15, 0.2) is 52.4 Å². The van der Waals surface area contributed by atoms with E-state index in [1.807, 2.05) is 0 Å². The van der Waals surface area contributed by atoms with E-state index < -0.39 is 21.9 Å². The lowest BCUT2D eigenvalue weighted by atomic mass is 10.2. The summed E-state index contributed by atoms with van der Waals surface area (Å²) in [7, 11) is -3.65. The summed E-state index contributed by atoms with van der Waals surface area (Å²) in [6, 6.07) is 11.0. The molecule has 5 rings (SSSR count). The lowest BCUT2D eigenvalue weighted by Gasteiger charge is -2.21. The van der Waals surface area contributed by atoms with E-state index in [-0.39, 0.29) is 16.6 Å². The molecule has 0 radical (unpaired) electrons. The van der Waals surface area contributed by atoms with Crippen LogP contribution >= 0.6 is 0 Å². The number of ether oxygens (including phenoxy) is 2. The number of fused-ring (bicyclic) bond motifs is 2. The topological polar surface area (TPSA) is 106 Å². The van der Waals surface area contributed by atoms with Crippen molar-refractivity contribution in [2.24, 2.45) is 4.99 Å². The molecule has 30 heavy (non-hydrogen) atoms. The fraction of sp³-hybridized carbons (Fsp3) is 0.333. The van der Waals surface area contributed by atoms with E-state index >= 15 is 0 Å². The summed E-state index contributed by atoms with van der Waals surface area (Å²) in [4.78, 5) is 17.1. The first-order valence-corrected chi connectivity index (χ1v) is 11.4. The zero-order valence-corrected chi connectivity index (χ0v) is 17.2. The summed E-state index contributed by atoms with van der Waals surface area (Å²) in [5.41, 5.74) is 1.03. The molecule has 1 fully saturated rings. The minimum absolute atomic E-state index is 0.160. The highest BCUT2D eigenvalue weighted by Gasteiger charge is 2.44. The Bertz CT molecular complexity index is 1170. The zero-order valence-electron chi connectivity index (χ0n) is 16.3. The van der Waals surface area contributed by atoms with Gasteiger partial charge in [0.25, 0.3) is 15.8 Å². The molecule has 1 saturated carbocycles. The summed E-state index contributed by atoms with van der Waals surface area (Å²) < 4.78 is 38.8. The lowest BCUT2D eigenvalue weighted by Crippen LogP contribution is -2.34. The molecule has 1 amide bonds. The van der Waals surface area contributed by atoms with Crippen LogP contribution in [0.25, 0.3) is 0 Å². The Hall–Kier alpha value is -3.07. The third-order valence-electron chi connectivity index (χ3n) is 5.53. The number of aliphatic imine (C=N–C) groups is 1. The first-order chi connectivity index (χ1) is 14.4. The van der Waals surface area contributed by atoms with Crippen molar-refractivity contribution in [2.45, 2.75) is 49.3 Å². The average molecular weight is 427 g/mol. The van der Waals surface area contributed by atoms with Crippen molar-refractivity contribution in [3.63, 3.8) is 0 Å². The minimum Gasteiger partial charge on any atom is -0.448 e. The molecule has 2 N–H and O–H groups in total. The van der Waals surface area contributed by atoms with Crippen molar-refractivity contribution in [1.82, 2.24) is 4.72 Å². The summed E-state index contributed by atoms with van der Waals surface area (Å²) in [6.45, 7) is 1.61. The molecule has 1 aliphatic carbocycles. The second-order valence-corrected chi connectivity index (χ2v) is 9.38. The number of hydrogen-bond donors (Lipinski definition) is 2. The predicted octanol–water partition coefficient (Wildman–Crippen LogP) is 2.79. The number of sulfonamides is 1. The van der Waals surface area contributed by atoms with Crippen molar-refractivity contribution in [3.05, 3.63) is 48.0 Å². The van der Waals surface area contributed by atoms with Gasteiger partial charge in [-0.1, -0.05) is 12.1 Å². The zero-order chi connectivity index (χ0) is 20.9. The highest BCUT2D eigenvalue weighted by atomic mass is 32.2. The Labute approximate surface area is 174 Å². The van der Waals surface area contributed by atoms with Gasteiger partial charge in [0, 0.05) is 30.2 Å². The number of nitrogens with zero attached hydrogens (tertiary/aromatic N) is 1. The van der Waals surface area contributed by atoms with E-state index in [1.54, 1.807) is 43.3 Å². The number of hydrogen-bond acceptors (Lipinski definition) is 6. The molecule has 3 aliphatic rings. The minimum atomic E-state index is -3.65. The maximum absolute atomic E-state index is 12.7. The van der Waals surface area contributed by atoms with Crippen LogP contribution in [0.4, 0.5) is 5.69 Å². The monoisotopic (exact) mass is 427 g/mol. The molecule has 2 aromatic carbocycles. The van der Waals surface area contributed by atoms with Gasteiger partial charge in [0.15, 0.2) is 11.5 Å². The summed E-state index contributed by atoms with van der Waals surface area (Å²) in [6.07, 6.45) is 3.86. The van der Waals surface area contributed by atoms with Crippen molar-refractivity contribution < 1.29 is 22.7 Å². The Kier molecular flexibility index (Phi) is 4.25. The van der Waals surface area contributed by atoms with Crippen LogP contribution in [-0.2, 0) is 14.8 Å². The van der Waals surface area contributed by atoms with Gasteiger partial charge in [0.05, 0.1) is 4.90 Å². The highest BCUT2D eigenvalue weighted by Crippen LogP contribution is 2.47. The number of amidine groups is 1. The summed E-state index contributed by atoms with van der Waals surface area (Å²) >= 11 is 0. The Morgan fingerprint density at radius 3 is 2.67 bits per heavy atom. The number of rotatable bonds is 3. The molecule has 9 heteroatoms. The molecular weight excluding hydrogens is 406 g/mol. The molecule has 2 aromatic rings. The van der Waals surface area contributed by atoms with E-state index in [0.29, 0.717) is 22.7 Å². The number of amides is 1. The third-order valence-corrected chi connectivity index (χ3v) is 6.93. The third kappa shape index (κ3) is 3.19. The fourth-order valence-corrected chi connectivity index (χ4v) is 5.26. The van der Waals surface area contributed by atoms with E-state index in [9.17, 15) is 13.2 Å². The largest absolute Gasteiger partial charge is 0.448 e. The number of carbonyl (C=O) groups excluding carboxylic acids is 1. The maximum Gasteiger partial charge on any atom is 0.263 e. The van der Waals surface area contributed by atoms with Crippen LogP contribution in [0.2, 0.25) is 0 Å². The second-order valence-electron chi connectivity index (χ2n) is 7.73. The van der Waals surface area contributed by atoms with Crippen LogP contribution in [0, 0.1) is 0 Å². The fourth-order valence-electron chi connectivity index (χ4n) is 4.02. The van der Waals surface area contributed by atoms with Crippen LogP contribution in [-0.4, -0.2) is 32.0 Å². The van der Waals surface area contributed by atoms with Gasteiger partial charge >= 0.3 is 0 Å². The molecule has 0 aromatic heterocycles. The van der Waals surface area contributed by atoms with E-state index in [2.05, 4.69) is 15.0 Å². The summed E-state index contributed by atoms with van der Waals surface area (Å²) in [5.74, 6) is 0.547. The maximum atomic E-state index is 12.7. The number of benzene rings is 2. The molecule has 0 bridgehead atoms. The van der Waals surface area contributed by atoms with Gasteiger partial charge in [-0.2, -0.15) is 0 Å². The van der Waals surface area contributed by atoms with E-state index in [0.717, 1.165) is 25.7 Å². The SMILES string of the molecule is CC(N=C1NS(=O)(=O)c2ccccc21)C(=O)Nc1ccc2c(c1)OC1(CCCC1)O2. The highest BCUT2D eigenvalue weighted by molar-refractivity contribution is 7.90. The van der Waals surface area contributed by atoms with Gasteiger partial charge in [-0.15, -0.1) is 0 Å².